The smallest absolute Gasteiger partial charge is 0.273 e. The number of rotatable bonds is 7. The third kappa shape index (κ3) is 3.07. The normalized spacial score (nSPS) is 25.8. The van der Waals surface area contributed by atoms with Crippen molar-refractivity contribution in [2.75, 3.05) is 6.61 Å². The molecule has 136 valence electrons. The maximum atomic E-state index is 13.4. The van der Waals surface area contributed by atoms with Gasteiger partial charge in [0.05, 0.1) is 5.02 Å². The number of carbonyl (C=O) groups is 2. The summed E-state index contributed by atoms with van der Waals surface area (Å²) >= 11 is 5.61. The van der Waals surface area contributed by atoms with Crippen LogP contribution in [-0.2, 0) is 4.79 Å². The Morgan fingerprint density at radius 1 is 1.31 bits per heavy atom. The first-order chi connectivity index (χ1) is 12.4. The van der Waals surface area contributed by atoms with E-state index in [0.717, 1.165) is 25.3 Å². The third-order valence-corrected chi connectivity index (χ3v) is 5.36. The van der Waals surface area contributed by atoms with E-state index in [9.17, 15) is 14.0 Å². The summed E-state index contributed by atoms with van der Waals surface area (Å²) < 4.78 is 23.4. The Balaban J connectivity index is 1.23. The number of amides is 1. The molecule has 0 spiro atoms. The molecule has 1 amide bonds. The Bertz CT molecular complexity index is 848. The number of ketones is 1. The predicted octanol–water partition coefficient (Wildman–Crippen LogP) is 3.16. The summed E-state index contributed by atoms with van der Waals surface area (Å²) in [6.07, 6.45) is 4.05. The molecule has 0 unspecified atom stereocenters. The zero-order valence-corrected chi connectivity index (χ0v) is 14.5. The Labute approximate surface area is 153 Å². The fraction of sp³-hybridized carbons (Fsp3) is 0.389. The second kappa shape index (κ2) is 6.09. The van der Waals surface area contributed by atoms with E-state index in [4.69, 9.17) is 16.3 Å². The largest absolute Gasteiger partial charge is 0.486 e. The second-order valence-corrected chi connectivity index (χ2v) is 7.64. The quantitative estimate of drug-likeness (QED) is 0.800. The first kappa shape index (κ1) is 17.0. The van der Waals surface area contributed by atoms with Crippen molar-refractivity contribution in [3.05, 3.63) is 47.1 Å². The van der Waals surface area contributed by atoms with Gasteiger partial charge in [-0.15, -0.1) is 0 Å². The summed E-state index contributed by atoms with van der Waals surface area (Å²) in [5, 5.41) is 6.59. The van der Waals surface area contributed by atoms with Crippen molar-refractivity contribution in [2.24, 2.45) is 5.41 Å². The molecule has 1 aromatic carbocycles. The highest BCUT2D eigenvalue weighted by Crippen LogP contribution is 2.69. The number of ether oxygens (including phenoxy) is 1. The van der Waals surface area contributed by atoms with Gasteiger partial charge in [-0.1, -0.05) is 16.8 Å². The number of hydrogen-bond acceptors (Lipinski definition) is 5. The van der Waals surface area contributed by atoms with Crippen molar-refractivity contribution in [1.29, 1.82) is 0 Å². The van der Waals surface area contributed by atoms with Gasteiger partial charge in [-0.3, -0.25) is 9.59 Å². The number of hydrogen-bond donors (Lipinski definition) is 1. The van der Waals surface area contributed by atoms with Crippen LogP contribution in [0.25, 0.3) is 0 Å². The molecule has 0 radical (unpaired) electrons. The molecule has 3 saturated carbocycles. The maximum absolute atomic E-state index is 13.4. The summed E-state index contributed by atoms with van der Waals surface area (Å²) in [4.78, 5) is 24.2. The van der Waals surface area contributed by atoms with Crippen molar-refractivity contribution in [2.45, 2.75) is 31.2 Å². The number of nitrogens with one attached hydrogen (secondary N) is 1. The van der Waals surface area contributed by atoms with E-state index in [2.05, 4.69) is 15.0 Å². The van der Waals surface area contributed by atoms with E-state index >= 15 is 0 Å². The number of nitrogens with zero attached hydrogens (tertiary/aromatic N) is 1. The van der Waals surface area contributed by atoms with Gasteiger partial charge in [-0.25, -0.2) is 4.39 Å². The van der Waals surface area contributed by atoms with Crippen LogP contribution in [0.2, 0.25) is 5.02 Å². The Hall–Kier alpha value is -2.41. The summed E-state index contributed by atoms with van der Waals surface area (Å²) in [7, 11) is 0. The van der Waals surface area contributed by atoms with Gasteiger partial charge < -0.3 is 14.6 Å². The molecule has 26 heavy (non-hydrogen) atoms. The van der Waals surface area contributed by atoms with Crippen LogP contribution < -0.4 is 10.1 Å². The lowest BCUT2D eigenvalue weighted by atomic mass is 9.38. The lowest BCUT2D eigenvalue weighted by molar-refractivity contribution is -0.162. The van der Waals surface area contributed by atoms with E-state index in [1.54, 1.807) is 0 Å². The van der Waals surface area contributed by atoms with Gasteiger partial charge in [0.15, 0.2) is 11.5 Å². The molecule has 0 atom stereocenters. The van der Waals surface area contributed by atoms with Crippen LogP contribution in [0.1, 0.15) is 36.2 Å². The number of Topliss-reactive ketones (excluding diaryl/α,β-unsaturated/α-hetero) is 1. The summed E-state index contributed by atoms with van der Waals surface area (Å²) in [5.41, 5.74) is -0.0253. The zero-order valence-electron chi connectivity index (χ0n) is 13.8. The van der Waals surface area contributed by atoms with Gasteiger partial charge in [-0.05, 0) is 36.8 Å². The van der Waals surface area contributed by atoms with Gasteiger partial charge in [-0.2, -0.15) is 0 Å². The van der Waals surface area contributed by atoms with E-state index in [1.165, 1.54) is 24.5 Å². The molecule has 3 fully saturated rings. The van der Waals surface area contributed by atoms with Crippen LogP contribution in [-0.4, -0.2) is 29.0 Å². The van der Waals surface area contributed by atoms with Crippen LogP contribution in [0.5, 0.6) is 5.75 Å². The SMILES string of the molecule is O=C(COc1ccc(Cl)c(F)c1)CC12CC(NC(=O)c3ccon3)(C1)C2. The Morgan fingerprint density at radius 2 is 2.08 bits per heavy atom. The summed E-state index contributed by atoms with van der Waals surface area (Å²) in [6.45, 7) is -0.110. The molecule has 0 aliphatic heterocycles. The molecule has 3 aliphatic carbocycles. The number of benzene rings is 1. The van der Waals surface area contributed by atoms with Crippen LogP contribution >= 0.6 is 11.6 Å². The van der Waals surface area contributed by atoms with Gasteiger partial charge in [0, 0.05) is 24.1 Å². The van der Waals surface area contributed by atoms with Crippen LogP contribution in [0.3, 0.4) is 0 Å². The van der Waals surface area contributed by atoms with Gasteiger partial charge >= 0.3 is 0 Å². The predicted molar refractivity (Wildman–Crippen MR) is 89.5 cm³/mol. The lowest BCUT2D eigenvalue weighted by Gasteiger charge is -2.70. The van der Waals surface area contributed by atoms with Crippen molar-refractivity contribution < 1.29 is 23.2 Å². The lowest BCUT2D eigenvalue weighted by Crippen LogP contribution is -2.75. The standard InChI is InChI=1S/C18H16ClFN2O4/c19-13-2-1-12(5-14(13)20)25-7-11(23)6-17-8-18(9-17,10-17)21-16(24)15-3-4-26-22-15/h1-5H,6-10H2,(H,21,24). The van der Waals surface area contributed by atoms with Crippen LogP contribution in [0.15, 0.2) is 35.1 Å². The van der Waals surface area contributed by atoms with E-state index in [1.807, 2.05) is 0 Å². The maximum Gasteiger partial charge on any atom is 0.273 e. The van der Waals surface area contributed by atoms with Crippen LogP contribution in [0, 0.1) is 11.2 Å². The Morgan fingerprint density at radius 3 is 2.73 bits per heavy atom. The average Bonchev–Trinajstić information content (AvgIpc) is 3.07. The molecule has 5 rings (SSSR count). The van der Waals surface area contributed by atoms with E-state index in [0.29, 0.717) is 6.42 Å². The first-order valence-corrected chi connectivity index (χ1v) is 8.59. The molecular weight excluding hydrogens is 363 g/mol. The minimum atomic E-state index is -0.583. The molecule has 3 aliphatic rings. The highest BCUT2D eigenvalue weighted by molar-refractivity contribution is 6.30. The Kier molecular flexibility index (Phi) is 3.99. The summed E-state index contributed by atoms with van der Waals surface area (Å²) in [6, 6.07) is 5.58. The van der Waals surface area contributed by atoms with Gasteiger partial charge in [0.1, 0.15) is 24.4 Å². The highest BCUT2D eigenvalue weighted by Gasteiger charge is 2.68. The molecule has 0 saturated heterocycles. The van der Waals surface area contributed by atoms with E-state index in [-0.39, 0.29) is 45.7 Å². The first-order valence-electron chi connectivity index (χ1n) is 8.21. The van der Waals surface area contributed by atoms with Gasteiger partial charge in [0.25, 0.3) is 5.91 Å². The van der Waals surface area contributed by atoms with Crippen molar-refractivity contribution in [3.63, 3.8) is 0 Å². The molecular formula is C18H16ClFN2O4. The second-order valence-electron chi connectivity index (χ2n) is 7.23. The van der Waals surface area contributed by atoms with Crippen molar-refractivity contribution in [1.82, 2.24) is 10.5 Å². The molecule has 2 aromatic rings. The molecule has 1 heterocycles. The minimum Gasteiger partial charge on any atom is -0.486 e. The van der Waals surface area contributed by atoms with Crippen molar-refractivity contribution in [3.8, 4) is 5.75 Å². The molecule has 1 N–H and O–H groups in total. The number of aromatic nitrogens is 1. The zero-order chi connectivity index (χ0) is 18.4. The molecule has 1 aromatic heterocycles. The third-order valence-electron chi connectivity index (χ3n) is 5.05. The number of halogens is 2. The van der Waals surface area contributed by atoms with Crippen LogP contribution in [0.4, 0.5) is 4.39 Å². The number of carbonyl (C=O) groups excluding carboxylic acids is 2. The topological polar surface area (TPSA) is 81.4 Å². The molecule has 2 bridgehead atoms. The molecule has 6 nitrogen and oxygen atoms in total. The van der Waals surface area contributed by atoms with Gasteiger partial charge in [0.2, 0.25) is 0 Å². The molecule has 8 heteroatoms. The average molecular weight is 379 g/mol. The minimum absolute atomic E-state index is 0.00973. The fourth-order valence-corrected chi connectivity index (χ4v) is 4.27. The fourth-order valence-electron chi connectivity index (χ4n) is 4.15. The van der Waals surface area contributed by atoms with E-state index < -0.39 is 5.82 Å². The van der Waals surface area contributed by atoms with Crippen molar-refractivity contribution >= 4 is 23.3 Å². The highest BCUT2D eigenvalue weighted by atomic mass is 35.5. The monoisotopic (exact) mass is 378 g/mol. The summed E-state index contributed by atoms with van der Waals surface area (Å²) in [5.74, 6) is -0.613.